The Morgan fingerprint density at radius 2 is 2.37 bits per heavy atom. The van der Waals surface area contributed by atoms with Crippen LogP contribution in [0.4, 0.5) is 0 Å². The summed E-state index contributed by atoms with van der Waals surface area (Å²) in [7, 11) is 2.21. The Hall–Kier alpha value is -0.770. The number of benzene rings is 1. The number of piperidine rings is 1. The van der Waals surface area contributed by atoms with Gasteiger partial charge in [-0.3, -0.25) is 4.90 Å². The zero-order chi connectivity index (χ0) is 13.2. The molecule has 104 valence electrons. The summed E-state index contributed by atoms with van der Waals surface area (Å²) in [5.41, 5.74) is 1.24. The van der Waals surface area contributed by atoms with E-state index in [1.54, 1.807) is 0 Å². The molecule has 1 saturated heterocycles. The van der Waals surface area contributed by atoms with Crippen LogP contribution in [0.1, 0.15) is 18.4 Å². The van der Waals surface area contributed by atoms with Crippen molar-refractivity contribution in [3.05, 3.63) is 28.8 Å². The number of rotatable bonds is 3. The van der Waals surface area contributed by atoms with Gasteiger partial charge in [-0.2, -0.15) is 0 Å². The molecule has 1 aromatic carbocycles. The number of likely N-dealkylation sites (N-methyl/N-ethyl adjacent to an activating group) is 1. The number of ether oxygens (including phenoxy) is 1. The van der Waals surface area contributed by atoms with Crippen LogP contribution in [-0.2, 0) is 6.42 Å². The van der Waals surface area contributed by atoms with E-state index in [0.717, 1.165) is 36.8 Å². The quantitative estimate of drug-likeness (QED) is 0.920. The Kier molecular flexibility index (Phi) is 3.96. The second-order valence-corrected chi connectivity index (χ2v) is 6.07. The number of halogens is 1. The van der Waals surface area contributed by atoms with Crippen LogP contribution in [0.15, 0.2) is 18.2 Å². The maximum absolute atomic E-state index is 6.02. The van der Waals surface area contributed by atoms with Crippen LogP contribution in [-0.4, -0.2) is 43.7 Å². The van der Waals surface area contributed by atoms with E-state index in [1.807, 2.05) is 18.2 Å². The minimum atomic E-state index is 0.264. The van der Waals surface area contributed by atoms with Gasteiger partial charge in [-0.25, -0.2) is 0 Å². The van der Waals surface area contributed by atoms with Crippen molar-refractivity contribution in [2.75, 3.05) is 26.7 Å². The molecule has 0 spiro atoms. The van der Waals surface area contributed by atoms with Gasteiger partial charge >= 0.3 is 0 Å². The first kappa shape index (κ1) is 13.2. The Bertz CT molecular complexity index is 446. The van der Waals surface area contributed by atoms with Crippen LogP contribution in [0.25, 0.3) is 0 Å². The Morgan fingerprint density at radius 1 is 1.47 bits per heavy atom. The van der Waals surface area contributed by atoms with Crippen molar-refractivity contribution >= 4 is 11.6 Å². The molecule has 0 bridgehead atoms. The second-order valence-electron chi connectivity index (χ2n) is 5.64. The van der Waals surface area contributed by atoms with Crippen LogP contribution in [0.3, 0.4) is 0 Å². The van der Waals surface area contributed by atoms with Crippen molar-refractivity contribution in [2.45, 2.75) is 31.4 Å². The fourth-order valence-corrected chi connectivity index (χ4v) is 3.27. The van der Waals surface area contributed by atoms with Crippen molar-refractivity contribution in [1.29, 1.82) is 0 Å². The van der Waals surface area contributed by atoms with Crippen LogP contribution < -0.4 is 10.1 Å². The molecule has 1 N–H and O–H groups in total. The van der Waals surface area contributed by atoms with Gasteiger partial charge in [0.25, 0.3) is 0 Å². The number of hydrogen-bond acceptors (Lipinski definition) is 3. The molecule has 0 aliphatic carbocycles. The molecule has 19 heavy (non-hydrogen) atoms. The molecule has 1 aromatic rings. The monoisotopic (exact) mass is 280 g/mol. The van der Waals surface area contributed by atoms with Crippen LogP contribution >= 0.6 is 11.6 Å². The summed E-state index contributed by atoms with van der Waals surface area (Å²) in [5, 5.41) is 4.26. The molecule has 2 atom stereocenters. The summed E-state index contributed by atoms with van der Waals surface area (Å²) in [6, 6.07) is 6.56. The van der Waals surface area contributed by atoms with Crippen molar-refractivity contribution in [3.8, 4) is 5.75 Å². The van der Waals surface area contributed by atoms with Crippen LogP contribution in [0, 0.1) is 0 Å². The lowest BCUT2D eigenvalue weighted by Gasteiger charge is -2.33. The highest BCUT2D eigenvalue weighted by Crippen LogP contribution is 2.31. The maximum Gasteiger partial charge on any atom is 0.123 e. The van der Waals surface area contributed by atoms with Gasteiger partial charge in [0.15, 0.2) is 0 Å². The van der Waals surface area contributed by atoms with E-state index in [9.17, 15) is 0 Å². The standard InChI is InChI=1S/C15H21ClN2O/c1-18(13-3-2-6-17-9-13)10-14-8-11-7-12(16)4-5-15(11)19-14/h4-5,7,13-14,17H,2-3,6,8-10H2,1H3. The topological polar surface area (TPSA) is 24.5 Å². The molecular weight excluding hydrogens is 260 g/mol. The van der Waals surface area contributed by atoms with E-state index in [-0.39, 0.29) is 6.10 Å². The predicted molar refractivity (Wildman–Crippen MR) is 78.1 cm³/mol. The molecule has 0 radical (unpaired) electrons. The van der Waals surface area contributed by atoms with Crippen molar-refractivity contribution in [2.24, 2.45) is 0 Å². The largest absolute Gasteiger partial charge is 0.488 e. The smallest absolute Gasteiger partial charge is 0.123 e. The molecule has 3 nitrogen and oxygen atoms in total. The average molecular weight is 281 g/mol. The highest BCUT2D eigenvalue weighted by Gasteiger charge is 2.27. The third-order valence-electron chi connectivity index (χ3n) is 4.15. The van der Waals surface area contributed by atoms with Gasteiger partial charge in [0.2, 0.25) is 0 Å². The molecule has 2 heterocycles. The summed E-state index contributed by atoms with van der Waals surface area (Å²) >= 11 is 6.02. The first-order valence-electron chi connectivity index (χ1n) is 7.08. The summed E-state index contributed by atoms with van der Waals surface area (Å²) in [6.45, 7) is 3.24. The van der Waals surface area contributed by atoms with E-state index < -0.39 is 0 Å². The molecule has 0 saturated carbocycles. The van der Waals surface area contributed by atoms with Gasteiger partial charge in [0, 0.05) is 30.6 Å². The third-order valence-corrected chi connectivity index (χ3v) is 4.38. The molecule has 2 unspecified atom stereocenters. The van der Waals surface area contributed by atoms with Crippen molar-refractivity contribution < 1.29 is 4.74 Å². The summed E-state index contributed by atoms with van der Waals surface area (Å²) in [4.78, 5) is 2.43. The molecule has 4 heteroatoms. The fourth-order valence-electron chi connectivity index (χ4n) is 3.07. The van der Waals surface area contributed by atoms with E-state index in [4.69, 9.17) is 16.3 Å². The van der Waals surface area contributed by atoms with Crippen LogP contribution in [0.2, 0.25) is 5.02 Å². The molecule has 0 amide bonds. The third kappa shape index (κ3) is 3.04. The first-order chi connectivity index (χ1) is 9.22. The van der Waals surface area contributed by atoms with Gasteiger partial charge in [-0.1, -0.05) is 11.6 Å². The number of nitrogens with zero attached hydrogens (tertiary/aromatic N) is 1. The van der Waals surface area contributed by atoms with Crippen molar-refractivity contribution in [3.63, 3.8) is 0 Å². The fraction of sp³-hybridized carbons (Fsp3) is 0.600. The molecular formula is C15H21ClN2O. The predicted octanol–water partition coefficient (Wildman–Crippen LogP) is 2.33. The van der Waals surface area contributed by atoms with E-state index in [2.05, 4.69) is 17.3 Å². The second kappa shape index (κ2) is 5.70. The van der Waals surface area contributed by atoms with Gasteiger partial charge in [0.1, 0.15) is 11.9 Å². The van der Waals surface area contributed by atoms with Crippen LogP contribution in [0.5, 0.6) is 5.75 Å². The summed E-state index contributed by atoms with van der Waals surface area (Å²) < 4.78 is 6.00. The van der Waals surface area contributed by atoms with Gasteiger partial charge < -0.3 is 10.1 Å². The Labute approximate surface area is 119 Å². The number of fused-ring (bicyclic) bond motifs is 1. The van der Waals surface area contributed by atoms with Gasteiger partial charge in [-0.05, 0) is 50.2 Å². The number of nitrogens with one attached hydrogen (secondary N) is 1. The first-order valence-corrected chi connectivity index (χ1v) is 7.46. The summed E-state index contributed by atoms with van der Waals surface area (Å²) in [5.74, 6) is 1.00. The maximum atomic E-state index is 6.02. The average Bonchev–Trinajstić information content (AvgIpc) is 2.81. The highest BCUT2D eigenvalue weighted by atomic mass is 35.5. The number of hydrogen-bond donors (Lipinski definition) is 1. The normalized spacial score (nSPS) is 26.3. The van der Waals surface area contributed by atoms with E-state index >= 15 is 0 Å². The lowest BCUT2D eigenvalue weighted by molar-refractivity contribution is 0.125. The zero-order valence-electron chi connectivity index (χ0n) is 11.4. The Morgan fingerprint density at radius 3 is 3.16 bits per heavy atom. The molecule has 3 rings (SSSR count). The zero-order valence-corrected chi connectivity index (χ0v) is 12.1. The Balaban J connectivity index is 1.57. The molecule has 2 aliphatic heterocycles. The van der Waals surface area contributed by atoms with E-state index in [0.29, 0.717) is 6.04 Å². The highest BCUT2D eigenvalue weighted by molar-refractivity contribution is 6.30. The minimum absolute atomic E-state index is 0.264. The minimum Gasteiger partial charge on any atom is -0.488 e. The van der Waals surface area contributed by atoms with E-state index in [1.165, 1.54) is 18.4 Å². The molecule has 0 aromatic heterocycles. The molecule has 2 aliphatic rings. The van der Waals surface area contributed by atoms with Gasteiger partial charge in [-0.15, -0.1) is 0 Å². The SMILES string of the molecule is CN(CC1Cc2cc(Cl)ccc2O1)C1CCCNC1. The lowest BCUT2D eigenvalue weighted by atomic mass is 10.1. The lowest BCUT2D eigenvalue weighted by Crippen LogP contribution is -2.47. The summed E-state index contributed by atoms with van der Waals surface area (Å²) in [6.07, 6.45) is 3.80. The van der Waals surface area contributed by atoms with Gasteiger partial charge in [0.05, 0.1) is 0 Å². The van der Waals surface area contributed by atoms with Crippen molar-refractivity contribution in [1.82, 2.24) is 10.2 Å². The molecule has 1 fully saturated rings.